The number of hydrogen-bond donors (Lipinski definition) is 1. The van der Waals surface area contributed by atoms with Crippen molar-refractivity contribution in [3.05, 3.63) is 12.0 Å². The van der Waals surface area contributed by atoms with Crippen molar-refractivity contribution < 1.29 is 9.32 Å². The van der Waals surface area contributed by atoms with Crippen LogP contribution < -0.4 is 10.2 Å². The number of likely N-dealkylation sites (N-methyl/N-ethyl adjacent to an activating group) is 1. The number of amides is 1. The molecular weight excluding hydrogens is 272 g/mol. The van der Waals surface area contributed by atoms with Crippen molar-refractivity contribution in [2.75, 3.05) is 38.6 Å². The van der Waals surface area contributed by atoms with Crippen LogP contribution in [0.3, 0.4) is 0 Å². The number of fused-ring (bicyclic) bond motifs is 1. The fourth-order valence-electron chi connectivity index (χ4n) is 2.60. The molecule has 1 fully saturated rings. The minimum atomic E-state index is -0.291. The van der Waals surface area contributed by atoms with E-state index in [1.54, 1.807) is 19.0 Å². The summed E-state index contributed by atoms with van der Waals surface area (Å²) in [6.45, 7) is 3.94. The number of rotatable bonds is 2. The molecule has 1 amide bonds. The Hall–Kier alpha value is -2.22. The van der Waals surface area contributed by atoms with Gasteiger partial charge >= 0.3 is 0 Å². The van der Waals surface area contributed by atoms with Crippen molar-refractivity contribution in [2.24, 2.45) is 0 Å². The minimum Gasteiger partial charge on any atom is -0.347 e. The summed E-state index contributed by atoms with van der Waals surface area (Å²) in [5.41, 5.74) is 1.18. The molecule has 0 spiro atoms. The maximum Gasteiger partial charge on any atom is 0.263 e. The lowest BCUT2D eigenvalue weighted by Gasteiger charge is -2.37. The summed E-state index contributed by atoms with van der Waals surface area (Å²) in [5, 5.41) is 7.97. The first-order valence-corrected chi connectivity index (χ1v) is 6.85. The van der Waals surface area contributed by atoms with Gasteiger partial charge in [-0.05, 0) is 6.92 Å². The van der Waals surface area contributed by atoms with E-state index in [9.17, 15) is 4.79 Å². The zero-order valence-corrected chi connectivity index (χ0v) is 12.3. The van der Waals surface area contributed by atoms with Crippen molar-refractivity contribution in [1.82, 2.24) is 25.3 Å². The fraction of sp³-hybridized carbons (Fsp3) is 0.538. The summed E-state index contributed by atoms with van der Waals surface area (Å²) < 4.78 is 5.18. The monoisotopic (exact) mass is 290 g/mol. The third kappa shape index (κ3) is 2.31. The first kappa shape index (κ1) is 13.7. The molecule has 2 aromatic rings. The van der Waals surface area contributed by atoms with Gasteiger partial charge < -0.3 is 19.6 Å². The van der Waals surface area contributed by atoms with Gasteiger partial charge in [0, 0.05) is 33.7 Å². The molecule has 1 N–H and O–H groups in total. The van der Waals surface area contributed by atoms with Crippen molar-refractivity contribution >= 4 is 22.8 Å². The molecule has 0 saturated carbocycles. The van der Waals surface area contributed by atoms with E-state index in [0.29, 0.717) is 24.6 Å². The Balaban J connectivity index is 2.06. The van der Waals surface area contributed by atoms with Gasteiger partial charge in [-0.1, -0.05) is 5.16 Å². The largest absolute Gasteiger partial charge is 0.347 e. The van der Waals surface area contributed by atoms with Gasteiger partial charge in [-0.15, -0.1) is 0 Å². The number of hydrogen-bond acceptors (Lipinski definition) is 7. The smallest absolute Gasteiger partial charge is 0.263 e. The number of nitrogens with zero attached hydrogens (tertiary/aromatic N) is 5. The van der Waals surface area contributed by atoms with Gasteiger partial charge in [0.15, 0.2) is 0 Å². The molecule has 2 aromatic heterocycles. The molecule has 0 aromatic carbocycles. The average Bonchev–Trinajstić information content (AvgIpc) is 2.88. The van der Waals surface area contributed by atoms with Crippen molar-refractivity contribution in [1.29, 1.82) is 0 Å². The van der Waals surface area contributed by atoms with Crippen LogP contribution in [0, 0.1) is 6.92 Å². The highest BCUT2D eigenvalue weighted by Gasteiger charge is 2.32. The number of aryl methyl sites for hydroxylation is 1. The second kappa shape index (κ2) is 5.28. The summed E-state index contributed by atoms with van der Waals surface area (Å²) in [6.07, 6.45) is 1.45. The Kier molecular flexibility index (Phi) is 3.46. The number of carbonyl (C=O) groups excluding carboxylic acids is 1. The van der Waals surface area contributed by atoms with Crippen LogP contribution in [-0.2, 0) is 4.79 Å². The van der Waals surface area contributed by atoms with E-state index in [1.165, 1.54) is 6.33 Å². The van der Waals surface area contributed by atoms with Crippen LogP contribution in [0.5, 0.6) is 0 Å². The zero-order chi connectivity index (χ0) is 15.0. The van der Waals surface area contributed by atoms with Crippen LogP contribution in [0.15, 0.2) is 10.9 Å². The normalized spacial score (nSPS) is 19.0. The summed E-state index contributed by atoms with van der Waals surface area (Å²) in [6, 6.07) is -0.291. The molecule has 1 aliphatic heterocycles. The molecule has 8 nitrogen and oxygen atoms in total. The standard InChI is InChI=1S/C13H18N6O2/c1-8-10-11(15-7-16-12(10)21-17-8)19-5-4-14-6-9(19)13(20)18(2)3/h7,9,14H,4-6H2,1-3H3. The van der Waals surface area contributed by atoms with Crippen molar-refractivity contribution in [2.45, 2.75) is 13.0 Å². The van der Waals surface area contributed by atoms with E-state index >= 15 is 0 Å². The summed E-state index contributed by atoms with van der Waals surface area (Å²) in [4.78, 5) is 24.5. The average molecular weight is 290 g/mol. The van der Waals surface area contributed by atoms with Crippen LogP contribution in [0.1, 0.15) is 5.69 Å². The Labute approximate surface area is 122 Å². The third-order valence-electron chi connectivity index (χ3n) is 3.66. The van der Waals surface area contributed by atoms with E-state index in [2.05, 4.69) is 20.4 Å². The molecule has 1 atom stereocenters. The highest BCUT2D eigenvalue weighted by Crippen LogP contribution is 2.27. The molecule has 3 rings (SSSR count). The lowest BCUT2D eigenvalue weighted by atomic mass is 10.1. The topological polar surface area (TPSA) is 87.4 Å². The van der Waals surface area contributed by atoms with Gasteiger partial charge in [0.2, 0.25) is 5.91 Å². The highest BCUT2D eigenvalue weighted by molar-refractivity contribution is 5.92. The number of piperazine rings is 1. The lowest BCUT2D eigenvalue weighted by Crippen LogP contribution is -2.58. The fourth-order valence-corrected chi connectivity index (χ4v) is 2.60. The Morgan fingerprint density at radius 3 is 3.05 bits per heavy atom. The van der Waals surface area contributed by atoms with E-state index in [1.807, 2.05) is 11.8 Å². The summed E-state index contributed by atoms with van der Waals surface area (Å²) in [5.74, 6) is 0.753. The van der Waals surface area contributed by atoms with E-state index in [0.717, 1.165) is 17.6 Å². The van der Waals surface area contributed by atoms with Crippen LogP contribution in [0.4, 0.5) is 5.82 Å². The summed E-state index contributed by atoms with van der Waals surface area (Å²) >= 11 is 0. The first-order valence-electron chi connectivity index (χ1n) is 6.85. The van der Waals surface area contributed by atoms with Crippen molar-refractivity contribution in [3.8, 4) is 0 Å². The Bertz CT molecular complexity index is 668. The minimum absolute atomic E-state index is 0.0445. The van der Waals surface area contributed by atoms with Gasteiger partial charge in [0.05, 0.1) is 5.69 Å². The van der Waals surface area contributed by atoms with Gasteiger partial charge in [0.1, 0.15) is 23.6 Å². The lowest BCUT2D eigenvalue weighted by molar-refractivity contribution is -0.130. The number of nitrogens with one attached hydrogen (secondary N) is 1. The first-order chi connectivity index (χ1) is 10.1. The van der Waals surface area contributed by atoms with Crippen molar-refractivity contribution in [3.63, 3.8) is 0 Å². The SMILES string of the molecule is Cc1noc2ncnc(N3CCNCC3C(=O)N(C)C)c12. The zero-order valence-electron chi connectivity index (χ0n) is 12.3. The third-order valence-corrected chi connectivity index (χ3v) is 3.66. The van der Waals surface area contributed by atoms with E-state index in [-0.39, 0.29) is 11.9 Å². The van der Waals surface area contributed by atoms with Crippen LogP contribution in [0.2, 0.25) is 0 Å². The highest BCUT2D eigenvalue weighted by atomic mass is 16.5. The van der Waals surface area contributed by atoms with Crippen LogP contribution >= 0.6 is 0 Å². The molecule has 0 bridgehead atoms. The molecular formula is C13H18N6O2. The molecule has 0 radical (unpaired) electrons. The quantitative estimate of drug-likeness (QED) is 0.819. The predicted molar refractivity (Wildman–Crippen MR) is 77.0 cm³/mol. The maximum absolute atomic E-state index is 12.4. The molecule has 112 valence electrons. The second-order valence-corrected chi connectivity index (χ2v) is 5.29. The Morgan fingerprint density at radius 2 is 2.29 bits per heavy atom. The molecule has 1 saturated heterocycles. The molecule has 1 aliphatic rings. The molecule has 8 heteroatoms. The number of carbonyl (C=O) groups is 1. The summed E-state index contributed by atoms with van der Waals surface area (Å²) in [7, 11) is 3.52. The van der Waals surface area contributed by atoms with Crippen LogP contribution in [-0.4, -0.2) is 65.7 Å². The number of anilines is 1. The van der Waals surface area contributed by atoms with Gasteiger partial charge in [-0.2, -0.15) is 4.98 Å². The van der Waals surface area contributed by atoms with Gasteiger partial charge in [0.25, 0.3) is 5.71 Å². The number of aromatic nitrogens is 3. The molecule has 0 aliphatic carbocycles. The van der Waals surface area contributed by atoms with E-state index < -0.39 is 0 Å². The maximum atomic E-state index is 12.4. The predicted octanol–water partition coefficient (Wildman–Crippen LogP) is -0.207. The van der Waals surface area contributed by atoms with Gasteiger partial charge in [-0.25, -0.2) is 4.98 Å². The van der Waals surface area contributed by atoms with Gasteiger partial charge in [-0.3, -0.25) is 4.79 Å². The second-order valence-electron chi connectivity index (χ2n) is 5.29. The van der Waals surface area contributed by atoms with Crippen LogP contribution in [0.25, 0.3) is 11.1 Å². The molecule has 21 heavy (non-hydrogen) atoms. The van der Waals surface area contributed by atoms with E-state index in [4.69, 9.17) is 4.52 Å². The molecule has 1 unspecified atom stereocenters. The Morgan fingerprint density at radius 1 is 1.48 bits per heavy atom. The molecule has 3 heterocycles.